The fraction of sp³-hybridized carbons (Fsp3) is 0.286. The molecule has 0 amide bonds. The SMILES string of the molecule is Cc1cccc(-n2ccc3c2CCCC3=O)n1. The highest BCUT2D eigenvalue weighted by molar-refractivity contribution is 5.98. The summed E-state index contributed by atoms with van der Waals surface area (Å²) in [7, 11) is 0. The van der Waals surface area contributed by atoms with Gasteiger partial charge in [0.05, 0.1) is 0 Å². The number of nitrogens with zero attached hydrogens (tertiary/aromatic N) is 2. The maximum Gasteiger partial charge on any atom is 0.164 e. The Kier molecular flexibility index (Phi) is 2.32. The second kappa shape index (κ2) is 3.84. The van der Waals surface area contributed by atoms with Gasteiger partial charge in [-0.15, -0.1) is 0 Å². The number of rotatable bonds is 1. The van der Waals surface area contributed by atoms with Gasteiger partial charge in [0.15, 0.2) is 5.78 Å². The van der Waals surface area contributed by atoms with Crippen molar-refractivity contribution in [1.29, 1.82) is 0 Å². The Balaban J connectivity index is 2.13. The molecule has 0 aliphatic heterocycles. The largest absolute Gasteiger partial charge is 0.305 e. The molecule has 17 heavy (non-hydrogen) atoms. The summed E-state index contributed by atoms with van der Waals surface area (Å²) in [5.41, 5.74) is 2.98. The number of hydrogen-bond acceptors (Lipinski definition) is 2. The second-order valence-corrected chi connectivity index (χ2v) is 4.46. The molecule has 1 aliphatic rings. The molecule has 0 aromatic carbocycles. The summed E-state index contributed by atoms with van der Waals surface area (Å²) in [5.74, 6) is 1.17. The molecule has 0 radical (unpaired) electrons. The van der Waals surface area contributed by atoms with Crippen molar-refractivity contribution < 1.29 is 4.79 Å². The third-order valence-corrected chi connectivity index (χ3v) is 3.23. The maximum atomic E-state index is 11.8. The van der Waals surface area contributed by atoms with Crippen LogP contribution in [-0.4, -0.2) is 15.3 Å². The van der Waals surface area contributed by atoms with Crippen LogP contribution in [0.1, 0.15) is 34.6 Å². The van der Waals surface area contributed by atoms with Gasteiger partial charge in [-0.25, -0.2) is 4.98 Å². The maximum absolute atomic E-state index is 11.8. The first-order valence-electron chi connectivity index (χ1n) is 5.93. The molecule has 2 aromatic rings. The van der Waals surface area contributed by atoms with Crippen molar-refractivity contribution in [3.63, 3.8) is 0 Å². The summed E-state index contributed by atoms with van der Waals surface area (Å²) in [6, 6.07) is 7.87. The lowest BCUT2D eigenvalue weighted by Crippen LogP contribution is -2.12. The van der Waals surface area contributed by atoms with E-state index in [2.05, 4.69) is 4.98 Å². The van der Waals surface area contributed by atoms with E-state index in [0.717, 1.165) is 35.6 Å². The molecule has 0 unspecified atom stereocenters. The molecule has 3 nitrogen and oxygen atoms in total. The molecular formula is C14H14N2O. The first-order valence-corrected chi connectivity index (χ1v) is 5.93. The second-order valence-electron chi connectivity index (χ2n) is 4.46. The summed E-state index contributed by atoms with van der Waals surface area (Å²) in [6.45, 7) is 1.98. The summed E-state index contributed by atoms with van der Waals surface area (Å²) in [4.78, 5) is 16.3. The number of ketones is 1. The van der Waals surface area contributed by atoms with E-state index >= 15 is 0 Å². The summed E-state index contributed by atoms with van der Waals surface area (Å²) in [5, 5.41) is 0. The molecule has 86 valence electrons. The summed E-state index contributed by atoms with van der Waals surface area (Å²) < 4.78 is 2.04. The highest BCUT2D eigenvalue weighted by Crippen LogP contribution is 2.24. The van der Waals surface area contributed by atoms with E-state index in [1.807, 2.05) is 42.0 Å². The van der Waals surface area contributed by atoms with Crippen LogP contribution in [0.15, 0.2) is 30.5 Å². The Morgan fingerprint density at radius 3 is 2.94 bits per heavy atom. The minimum absolute atomic E-state index is 0.262. The zero-order valence-corrected chi connectivity index (χ0v) is 9.81. The number of carbonyl (C=O) groups is 1. The molecular weight excluding hydrogens is 212 g/mol. The molecule has 2 aromatic heterocycles. The van der Waals surface area contributed by atoms with Gasteiger partial charge in [-0.2, -0.15) is 0 Å². The number of hydrogen-bond donors (Lipinski definition) is 0. The average Bonchev–Trinajstić information content (AvgIpc) is 2.74. The number of aryl methyl sites for hydroxylation is 1. The van der Waals surface area contributed by atoms with Crippen molar-refractivity contribution in [2.24, 2.45) is 0 Å². The molecule has 2 heterocycles. The van der Waals surface area contributed by atoms with Crippen molar-refractivity contribution in [3.8, 4) is 5.82 Å². The molecule has 3 heteroatoms. The molecule has 1 aliphatic carbocycles. The standard InChI is InChI=1S/C14H14N2O/c1-10-4-2-7-14(15-10)16-9-8-11-12(16)5-3-6-13(11)17/h2,4,7-9H,3,5-6H2,1H3. The van der Waals surface area contributed by atoms with E-state index in [9.17, 15) is 4.79 Å². The van der Waals surface area contributed by atoms with Crippen LogP contribution in [-0.2, 0) is 6.42 Å². The fourth-order valence-corrected chi connectivity index (χ4v) is 2.40. The van der Waals surface area contributed by atoms with E-state index in [-0.39, 0.29) is 5.78 Å². The van der Waals surface area contributed by atoms with Gasteiger partial charge in [0.2, 0.25) is 0 Å². The van der Waals surface area contributed by atoms with Crippen LogP contribution >= 0.6 is 0 Å². The topological polar surface area (TPSA) is 34.9 Å². The van der Waals surface area contributed by atoms with Crippen LogP contribution in [0.25, 0.3) is 5.82 Å². The summed E-state index contributed by atoms with van der Waals surface area (Å²) >= 11 is 0. The molecule has 0 N–H and O–H groups in total. The highest BCUT2D eigenvalue weighted by atomic mass is 16.1. The third-order valence-electron chi connectivity index (χ3n) is 3.23. The fourth-order valence-electron chi connectivity index (χ4n) is 2.40. The molecule has 0 spiro atoms. The minimum atomic E-state index is 0.262. The Hall–Kier alpha value is -1.90. The summed E-state index contributed by atoms with van der Waals surface area (Å²) in [6.07, 6.45) is 4.54. The van der Waals surface area contributed by atoms with Crippen molar-refractivity contribution in [3.05, 3.63) is 47.4 Å². The number of carbonyl (C=O) groups excluding carboxylic acids is 1. The molecule has 0 saturated heterocycles. The van der Waals surface area contributed by atoms with Gasteiger partial charge in [-0.1, -0.05) is 6.07 Å². The van der Waals surface area contributed by atoms with E-state index in [1.165, 1.54) is 0 Å². The smallest absolute Gasteiger partial charge is 0.164 e. The predicted molar refractivity (Wildman–Crippen MR) is 65.6 cm³/mol. The van der Waals surface area contributed by atoms with E-state index in [0.29, 0.717) is 6.42 Å². The molecule has 3 rings (SSSR count). The van der Waals surface area contributed by atoms with Gasteiger partial charge >= 0.3 is 0 Å². The Morgan fingerprint density at radius 2 is 2.12 bits per heavy atom. The van der Waals surface area contributed by atoms with Crippen LogP contribution < -0.4 is 0 Å². The zero-order chi connectivity index (χ0) is 11.8. The van der Waals surface area contributed by atoms with Gasteiger partial charge in [-0.05, 0) is 38.0 Å². The van der Waals surface area contributed by atoms with E-state index in [4.69, 9.17) is 0 Å². The number of fused-ring (bicyclic) bond motifs is 1. The van der Waals surface area contributed by atoms with Crippen LogP contribution in [0.2, 0.25) is 0 Å². The predicted octanol–water partition coefficient (Wildman–Crippen LogP) is 2.70. The van der Waals surface area contributed by atoms with Crippen molar-refractivity contribution >= 4 is 5.78 Å². The van der Waals surface area contributed by atoms with Gasteiger partial charge in [0.1, 0.15) is 5.82 Å². The van der Waals surface area contributed by atoms with Crippen molar-refractivity contribution in [2.45, 2.75) is 26.2 Å². The number of aromatic nitrogens is 2. The number of Topliss-reactive ketones (excluding diaryl/α,β-unsaturated/α-hetero) is 1. The zero-order valence-electron chi connectivity index (χ0n) is 9.81. The van der Waals surface area contributed by atoms with Crippen molar-refractivity contribution in [1.82, 2.24) is 9.55 Å². The van der Waals surface area contributed by atoms with Gasteiger partial charge in [0.25, 0.3) is 0 Å². The van der Waals surface area contributed by atoms with Crippen LogP contribution in [0.5, 0.6) is 0 Å². The lowest BCUT2D eigenvalue weighted by Gasteiger charge is -2.14. The quantitative estimate of drug-likeness (QED) is 0.749. The molecule has 0 fully saturated rings. The molecule has 0 atom stereocenters. The van der Waals surface area contributed by atoms with Gasteiger partial charge in [-0.3, -0.25) is 4.79 Å². The first-order chi connectivity index (χ1) is 8.25. The van der Waals surface area contributed by atoms with Crippen molar-refractivity contribution in [2.75, 3.05) is 0 Å². The normalized spacial score (nSPS) is 14.8. The lowest BCUT2D eigenvalue weighted by molar-refractivity contribution is 0.0972. The van der Waals surface area contributed by atoms with Gasteiger partial charge < -0.3 is 4.57 Å². The van der Waals surface area contributed by atoms with Crippen LogP contribution in [0.3, 0.4) is 0 Å². The molecule has 0 bridgehead atoms. The van der Waals surface area contributed by atoms with Crippen LogP contribution in [0, 0.1) is 6.92 Å². The van der Waals surface area contributed by atoms with Crippen LogP contribution in [0.4, 0.5) is 0 Å². The Labute approximate surface area is 100 Å². The molecule has 0 saturated carbocycles. The Bertz CT molecular complexity index is 584. The number of pyridine rings is 1. The minimum Gasteiger partial charge on any atom is -0.305 e. The van der Waals surface area contributed by atoms with Gasteiger partial charge in [0, 0.05) is 29.6 Å². The lowest BCUT2D eigenvalue weighted by atomic mass is 9.97. The van der Waals surface area contributed by atoms with E-state index in [1.54, 1.807) is 0 Å². The van der Waals surface area contributed by atoms with E-state index < -0.39 is 0 Å². The highest BCUT2D eigenvalue weighted by Gasteiger charge is 2.21. The average molecular weight is 226 g/mol. The monoisotopic (exact) mass is 226 g/mol. The Morgan fingerprint density at radius 1 is 1.24 bits per heavy atom. The third kappa shape index (κ3) is 1.68. The first kappa shape index (κ1) is 10.3.